The van der Waals surface area contributed by atoms with Crippen LogP contribution in [0.3, 0.4) is 0 Å². The zero-order chi connectivity index (χ0) is 11.4. The first kappa shape index (κ1) is 12.3. The number of hydrogen-bond acceptors (Lipinski definition) is 2. The summed E-state index contributed by atoms with van der Waals surface area (Å²) in [5.74, 6) is 0. The lowest BCUT2D eigenvalue weighted by molar-refractivity contribution is 0.0446. The SMILES string of the molecule is CC1(NCc2ccc(I)cc2)CCOCC1. The summed E-state index contributed by atoms with van der Waals surface area (Å²) in [6.07, 6.45) is 2.22. The molecule has 88 valence electrons. The molecule has 3 heteroatoms. The molecule has 1 N–H and O–H groups in total. The van der Waals surface area contributed by atoms with Crippen LogP contribution in [-0.2, 0) is 11.3 Å². The second-order valence-corrected chi connectivity index (χ2v) is 5.90. The molecular weight excluding hydrogens is 313 g/mol. The molecule has 0 unspecified atom stereocenters. The Labute approximate surface area is 111 Å². The first-order valence-corrected chi connectivity index (χ1v) is 6.83. The molecule has 0 radical (unpaired) electrons. The van der Waals surface area contributed by atoms with Crippen molar-refractivity contribution in [3.63, 3.8) is 0 Å². The van der Waals surface area contributed by atoms with Gasteiger partial charge in [-0.25, -0.2) is 0 Å². The van der Waals surface area contributed by atoms with Crippen LogP contribution in [0.25, 0.3) is 0 Å². The Morgan fingerprint density at radius 3 is 2.50 bits per heavy atom. The molecule has 1 fully saturated rings. The van der Waals surface area contributed by atoms with Crippen molar-refractivity contribution in [3.8, 4) is 0 Å². The van der Waals surface area contributed by atoms with Crippen molar-refractivity contribution >= 4 is 22.6 Å². The molecule has 1 saturated heterocycles. The van der Waals surface area contributed by atoms with Gasteiger partial charge in [-0.05, 0) is 60.1 Å². The van der Waals surface area contributed by atoms with Crippen molar-refractivity contribution in [3.05, 3.63) is 33.4 Å². The molecule has 0 aliphatic carbocycles. The van der Waals surface area contributed by atoms with Crippen LogP contribution < -0.4 is 5.32 Å². The van der Waals surface area contributed by atoms with Gasteiger partial charge in [-0.1, -0.05) is 12.1 Å². The van der Waals surface area contributed by atoms with Gasteiger partial charge in [-0.3, -0.25) is 0 Å². The summed E-state index contributed by atoms with van der Waals surface area (Å²) in [6, 6.07) is 8.70. The molecule has 0 aromatic heterocycles. The van der Waals surface area contributed by atoms with Crippen LogP contribution in [-0.4, -0.2) is 18.8 Å². The molecule has 1 aliphatic heterocycles. The van der Waals surface area contributed by atoms with Crippen LogP contribution in [0.5, 0.6) is 0 Å². The van der Waals surface area contributed by atoms with Gasteiger partial charge in [0.05, 0.1) is 0 Å². The van der Waals surface area contributed by atoms with Gasteiger partial charge >= 0.3 is 0 Å². The summed E-state index contributed by atoms with van der Waals surface area (Å²) in [5.41, 5.74) is 1.61. The standard InChI is InChI=1S/C13H18INO/c1-13(6-8-16-9-7-13)15-10-11-2-4-12(14)5-3-11/h2-5,15H,6-10H2,1H3. The Bertz CT molecular complexity index is 330. The third-order valence-corrected chi connectivity index (χ3v) is 3.95. The number of nitrogens with one attached hydrogen (secondary N) is 1. The lowest BCUT2D eigenvalue weighted by Gasteiger charge is -2.34. The van der Waals surface area contributed by atoms with Gasteiger partial charge in [-0.15, -0.1) is 0 Å². The third-order valence-electron chi connectivity index (χ3n) is 3.23. The van der Waals surface area contributed by atoms with E-state index in [2.05, 4.69) is 59.1 Å². The van der Waals surface area contributed by atoms with Crippen LogP contribution in [0.1, 0.15) is 25.3 Å². The highest BCUT2D eigenvalue weighted by Gasteiger charge is 2.26. The smallest absolute Gasteiger partial charge is 0.0483 e. The maximum atomic E-state index is 5.39. The van der Waals surface area contributed by atoms with Gasteiger partial charge in [0, 0.05) is 28.9 Å². The highest BCUT2D eigenvalue weighted by atomic mass is 127. The van der Waals surface area contributed by atoms with Crippen molar-refractivity contribution in [2.24, 2.45) is 0 Å². The van der Waals surface area contributed by atoms with Crippen LogP contribution >= 0.6 is 22.6 Å². The number of hydrogen-bond donors (Lipinski definition) is 1. The van der Waals surface area contributed by atoms with E-state index in [9.17, 15) is 0 Å². The van der Waals surface area contributed by atoms with E-state index in [-0.39, 0.29) is 5.54 Å². The van der Waals surface area contributed by atoms with Crippen LogP contribution in [0.2, 0.25) is 0 Å². The fraction of sp³-hybridized carbons (Fsp3) is 0.538. The van der Waals surface area contributed by atoms with Crippen molar-refractivity contribution in [2.45, 2.75) is 31.8 Å². The van der Waals surface area contributed by atoms with Gasteiger partial charge in [0.15, 0.2) is 0 Å². The predicted octanol–water partition coefficient (Wildman–Crippen LogP) is 2.95. The van der Waals surface area contributed by atoms with Crippen molar-refractivity contribution in [1.82, 2.24) is 5.32 Å². The summed E-state index contributed by atoms with van der Waals surface area (Å²) >= 11 is 2.33. The molecule has 0 atom stereocenters. The third kappa shape index (κ3) is 3.43. The lowest BCUT2D eigenvalue weighted by Crippen LogP contribution is -2.46. The minimum absolute atomic E-state index is 0.251. The van der Waals surface area contributed by atoms with E-state index in [0.29, 0.717) is 0 Å². The second kappa shape index (κ2) is 5.47. The Balaban J connectivity index is 1.88. The minimum atomic E-state index is 0.251. The molecule has 0 amide bonds. The molecule has 0 bridgehead atoms. The first-order valence-electron chi connectivity index (χ1n) is 5.75. The van der Waals surface area contributed by atoms with Crippen molar-refractivity contribution < 1.29 is 4.74 Å². The van der Waals surface area contributed by atoms with E-state index in [1.807, 2.05) is 0 Å². The van der Waals surface area contributed by atoms with Gasteiger partial charge in [-0.2, -0.15) is 0 Å². The molecular formula is C13H18INO. The fourth-order valence-corrected chi connectivity index (χ4v) is 2.28. The summed E-state index contributed by atoms with van der Waals surface area (Å²) in [7, 11) is 0. The van der Waals surface area contributed by atoms with Crippen LogP contribution in [0, 0.1) is 3.57 Å². The maximum absolute atomic E-state index is 5.39. The van der Waals surface area contributed by atoms with Gasteiger partial charge in [0.25, 0.3) is 0 Å². The van der Waals surface area contributed by atoms with Crippen LogP contribution in [0.15, 0.2) is 24.3 Å². The molecule has 1 aromatic rings. The minimum Gasteiger partial charge on any atom is -0.381 e. The lowest BCUT2D eigenvalue weighted by atomic mass is 9.92. The molecule has 1 heterocycles. The molecule has 0 saturated carbocycles. The molecule has 16 heavy (non-hydrogen) atoms. The first-order chi connectivity index (χ1) is 7.68. The highest BCUT2D eigenvalue weighted by Crippen LogP contribution is 2.20. The molecule has 2 nitrogen and oxygen atoms in total. The van der Waals surface area contributed by atoms with E-state index in [0.717, 1.165) is 32.6 Å². The van der Waals surface area contributed by atoms with E-state index >= 15 is 0 Å². The Morgan fingerprint density at radius 2 is 1.88 bits per heavy atom. The molecule has 2 rings (SSSR count). The van der Waals surface area contributed by atoms with Crippen LogP contribution in [0.4, 0.5) is 0 Å². The van der Waals surface area contributed by atoms with E-state index in [4.69, 9.17) is 4.74 Å². The summed E-state index contributed by atoms with van der Waals surface area (Å²) < 4.78 is 6.68. The largest absolute Gasteiger partial charge is 0.381 e. The van der Waals surface area contributed by atoms with Gasteiger partial charge in [0.2, 0.25) is 0 Å². The Hall–Kier alpha value is -0.130. The topological polar surface area (TPSA) is 21.3 Å². The van der Waals surface area contributed by atoms with E-state index in [1.54, 1.807) is 0 Å². The summed E-state index contributed by atoms with van der Waals surface area (Å²) in [5, 5.41) is 3.65. The number of rotatable bonds is 3. The summed E-state index contributed by atoms with van der Waals surface area (Å²) in [6.45, 7) is 5.02. The fourth-order valence-electron chi connectivity index (χ4n) is 1.92. The van der Waals surface area contributed by atoms with E-state index in [1.165, 1.54) is 9.13 Å². The molecule has 1 aliphatic rings. The number of ether oxygens (including phenoxy) is 1. The monoisotopic (exact) mass is 331 g/mol. The second-order valence-electron chi connectivity index (χ2n) is 4.65. The molecule has 0 spiro atoms. The summed E-state index contributed by atoms with van der Waals surface area (Å²) in [4.78, 5) is 0. The maximum Gasteiger partial charge on any atom is 0.0483 e. The average molecular weight is 331 g/mol. The number of benzene rings is 1. The van der Waals surface area contributed by atoms with Gasteiger partial charge in [0.1, 0.15) is 0 Å². The Kier molecular flexibility index (Phi) is 4.21. The van der Waals surface area contributed by atoms with Crippen molar-refractivity contribution in [1.29, 1.82) is 0 Å². The van der Waals surface area contributed by atoms with E-state index < -0.39 is 0 Å². The number of halogens is 1. The highest BCUT2D eigenvalue weighted by molar-refractivity contribution is 14.1. The Morgan fingerprint density at radius 1 is 1.25 bits per heavy atom. The predicted molar refractivity (Wildman–Crippen MR) is 74.5 cm³/mol. The molecule has 1 aromatic carbocycles. The normalized spacial score (nSPS) is 19.6. The van der Waals surface area contributed by atoms with Gasteiger partial charge < -0.3 is 10.1 Å². The zero-order valence-electron chi connectivity index (χ0n) is 9.63. The zero-order valence-corrected chi connectivity index (χ0v) is 11.8. The average Bonchev–Trinajstić information content (AvgIpc) is 2.29. The van der Waals surface area contributed by atoms with Crippen molar-refractivity contribution in [2.75, 3.05) is 13.2 Å². The quantitative estimate of drug-likeness (QED) is 0.860.